The molecule has 1 aromatic heterocycles. The van der Waals surface area contributed by atoms with Crippen LogP contribution in [0, 0.1) is 5.82 Å². The van der Waals surface area contributed by atoms with Crippen LogP contribution in [0.15, 0.2) is 20.9 Å². The molecule has 4 atom stereocenters. The summed E-state index contributed by atoms with van der Waals surface area (Å²) in [7, 11) is 0. The van der Waals surface area contributed by atoms with Gasteiger partial charge in [0.2, 0.25) is 5.82 Å². The summed E-state index contributed by atoms with van der Waals surface area (Å²) in [5.41, 5.74) is 6.18. The summed E-state index contributed by atoms with van der Waals surface area (Å²) >= 11 is 0. The molecule has 20 heavy (non-hydrogen) atoms. The molecule has 0 aliphatic carbocycles. The predicted octanol–water partition coefficient (Wildman–Crippen LogP) is -1.39. The van der Waals surface area contributed by atoms with Crippen LogP contribution in [0.25, 0.3) is 10.4 Å². The third kappa shape index (κ3) is 2.30. The van der Waals surface area contributed by atoms with Crippen LogP contribution in [0.2, 0.25) is 0 Å². The second-order valence-electron chi connectivity index (χ2n) is 4.08. The Morgan fingerprint density at radius 2 is 2.30 bits per heavy atom. The van der Waals surface area contributed by atoms with E-state index in [1.54, 1.807) is 4.98 Å². The highest BCUT2D eigenvalue weighted by molar-refractivity contribution is 4.97. The van der Waals surface area contributed by atoms with E-state index in [1.165, 1.54) is 0 Å². The zero-order valence-corrected chi connectivity index (χ0v) is 9.88. The molecule has 0 spiro atoms. The van der Waals surface area contributed by atoms with Gasteiger partial charge in [-0.1, -0.05) is 5.11 Å². The van der Waals surface area contributed by atoms with E-state index in [4.69, 9.17) is 15.4 Å². The maximum Gasteiger partial charge on any atom is 0.330 e. The van der Waals surface area contributed by atoms with E-state index in [1.807, 2.05) is 0 Å². The summed E-state index contributed by atoms with van der Waals surface area (Å²) < 4.78 is 19.0. The number of aliphatic hydroxyl groups is 2. The number of ether oxygens (including phenoxy) is 1. The number of halogens is 1. The number of hydrogen-bond donors (Lipinski definition) is 3. The van der Waals surface area contributed by atoms with Crippen LogP contribution in [0.1, 0.15) is 6.23 Å². The Kier molecular flexibility index (Phi) is 3.86. The van der Waals surface area contributed by atoms with Crippen molar-refractivity contribution in [3.63, 3.8) is 0 Å². The highest BCUT2D eigenvalue weighted by Gasteiger charge is 2.44. The van der Waals surface area contributed by atoms with E-state index < -0.39 is 48.2 Å². The first kappa shape index (κ1) is 14.2. The minimum Gasteiger partial charge on any atom is -0.394 e. The van der Waals surface area contributed by atoms with Gasteiger partial charge in [-0.25, -0.2) is 4.79 Å². The molecule has 1 aliphatic heterocycles. The van der Waals surface area contributed by atoms with Crippen molar-refractivity contribution in [2.24, 2.45) is 5.11 Å². The Morgan fingerprint density at radius 1 is 1.60 bits per heavy atom. The van der Waals surface area contributed by atoms with E-state index in [0.717, 1.165) is 0 Å². The monoisotopic (exact) mass is 287 g/mol. The zero-order valence-electron chi connectivity index (χ0n) is 9.88. The van der Waals surface area contributed by atoms with Gasteiger partial charge in [-0.3, -0.25) is 14.3 Å². The number of aromatic nitrogens is 2. The van der Waals surface area contributed by atoms with Gasteiger partial charge in [-0.2, -0.15) is 4.39 Å². The van der Waals surface area contributed by atoms with E-state index in [-0.39, 0.29) is 0 Å². The average Bonchev–Trinajstić information content (AvgIpc) is 2.72. The summed E-state index contributed by atoms with van der Waals surface area (Å²) in [5.74, 6) is -1.24. The Morgan fingerprint density at radius 3 is 2.90 bits per heavy atom. The highest BCUT2D eigenvalue weighted by atomic mass is 19.1. The number of rotatable bonds is 3. The van der Waals surface area contributed by atoms with Crippen LogP contribution >= 0.6 is 0 Å². The molecule has 2 rings (SSSR count). The lowest BCUT2D eigenvalue weighted by atomic mass is 10.1. The fourth-order valence-electron chi connectivity index (χ4n) is 1.96. The Bertz CT molecular complexity index is 665. The maximum absolute atomic E-state index is 13.2. The van der Waals surface area contributed by atoms with Gasteiger partial charge in [0.05, 0.1) is 24.9 Å². The zero-order chi connectivity index (χ0) is 14.9. The molecule has 0 saturated carbocycles. The van der Waals surface area contributed by atoms with Crippen molar-refractivity contribution in [1.29, 1.82) is 0 Å². The molecule has 1 aliphatic rings. The number of aliphatic hydroxyl groups excluding tert-OH is 2. The lowest BCUT2D eigenvalue weighted by Gasteiger charge is -2.17. The van der Waals surface area contributed by atoms with Gasteiger partial charge in [0.1, 0.15) is 6.10 Å². The minimum atomic E-state index is -1.48. The molecule has 10 nitrogen and oxygen atoms in total. The van der Waals surface area contributed by atoms with Crippen LogP contribution in [0.3, 0.4) is 0 Å². The van der Waals surface area contributed by atoms with E-state index >= 15 is 0 Å². The first-order valence-electron chi connectivity index (χ1n) is 5.49. The number of H-pyrrole nitrogens is 1. The third-order valence-corrected chi connectivity index (χ3v) is 2.90. The lowest BCUT2D eigenvalue weighted by Crippen LogP contribution is -2.38. The SMILES string of the molecule is [N-]=[N+]=N[C@@H]1[C@H](O)[C@@H](n2cc(F)c(=O)[nH]c2=O)O[C@H]1CO. The van der Waals surface area contributed by atoms with Gasteiger partial charge in [-0.15, -0.1) is 0 Å². The quantitative estimate of drug-likeness (QED) is 0.354. The molecule has 1 aromatic rings. The first-order valence-corrected chi connectivity index (χ1v) is 5.49. The fourth-order valence-corrected chi connectivity index (χ4v) is 1.96. The van der Waals surface area contributed by atoms with Crippen LogP contribution in [-0.4, -0.2) is 44.6 Å². The molecule has 108 valence electrons. The van der Waals surface area contributed by atoms with Crippen molar-refractivity contribution >= 4 is 0 Å². The van der Waals surface area contributed by atoms with Gasteiger partial charge in [0.15, 0.2) is 6.23 Å². The van der Waals surface area contributed by atoms with Crippen molar-refractivity contribution in [2.75, 3.05) is 6.61 Å². The van der Waals surface area contributed by atoms with Gasteiger partial charge in [0.25, 0.3) is 5.56 Å². The van der Waals surface area contributed by atoms with Crippen molar-refractivity contribution < 1.29 is 19.3 Å². The fraction of sp³-hybridized carbons (Fsp3) is 0.556. The van der Waals surface area contributed by atoms with Crippen molar-refractivity contribution in [1.82, 2.24) is 9.55 Å². The Balaban J connectivity index is 2.44. The third-order valence-electron chi connectivity index (χ3n) is 2.90. The number of nitrogens with zero attached hydrogens (tertiary/aromatic N) is 4. The molecule has 11 heteroatoms. The van der Waals surface area contributed by atoms with Gasteiger partial charge >= 0.3 is 5.69 Å². The highest BCUT2D eigenvalue weighted by Crippen LogP contribution is 2.30. The Hall–Kier alpha value is -2.20. The molecule has 0 radical (unpaired) electrons. The molecule has 0 unspecified atom stereocenters. The number of azide groups is 1. The van der Waals surface area contributed by atoms with Crippen LogP contribution in [-0.2, 0) is 4.74 Å². The standard InChI is InChI=1S/C9H10FN5O5/c10-3-1-15(9(19)12-7(3)18)8-6(17)5(13-14-11)4(2-16)20-8/h1,4-6,8,16-17H,2H2,(H,12,18,19)/t4-,5-,6-,8-/m0/s1. The summed E-state index contributed by atoms with van der Waals surface area (Å²) in [6, 6.07) is -1.14. The van der Waals surface area contributed by atoms with Crippen molar-refractivity contribution in [3.05, 3.63) is 43.3 Å². The molecule has 2 heterocycles. The molecule has 0 amide bonds. The molecule has 0 aromatic carbocycles. The molecule has 3 N–H and O–H groups in total. The molecule has 0 bridgehead atoms. The second-order valence-corrected chi connectivity index (χ2v) is 4.08. The normalized spacial score (nSPS) is 29.1. The van der Waals surface area contributed by atoms with Gasteiger partial charge in [-0.05, 0) is 5.53 Å². The largest absolute Gasteiger partial charge is 0.394 e. The van der Waals surface area contributed by atoms with E-state index in [0.29, 0.717) is 10.8 Å². The van der Waals surface area contributed by atoms with Gasteiger partial charge in [0, 0.05) is 4.91 Å². The molecule has 1 fully saturated rings. The maximum atomic E-state index is 13.2. The smallest absolute Gasteiger partial charge is 0.330 e. The molecular formula is C9H10FN5O5. The Labute approximate surface area is 109 Å². The van der Waals surface area contributed by atoms with Crippen molar-refractivity contribution in [3.8, 4) is 0 Å². The minimum absolute atomic E-state index is 0.571. The summed E-state index contributed by atoms with van der Waals surface area (Å²) in [6.45, 7) is -0.572. The topological polar surface area (TPSA) is 153 Å². The first-order chi connectivity index (χ1) is 9.49. The van der Waals surface area contributed by atoms with Crippen molar-refractivity contribution in [2.45, 2.75) is 24.5 Å². The predicted molar refractivity (Wildman–Crippen MR) is 61.2 cm³/mol. The number of aromatic amines is 1. The van der Waals surface area contributed by atoms with Crippen LogP contribution < -0.4 is 11.2 Å². The second kappa shape index (κ2) is 5.43. The van der Waals surface area contributed by atoms with E-state index in [2.05, 4.69) is 10.0 Å². The van der Waals surface area contributed by atoms with Crippen LogP contribution in [0.5, 0.6) is 0 Å². The average molecular weight is 287 g/mol. The number of nitrogens with one attached hydrogen (secondary N) is 1. The summed E-state index contributed by atoms with van der Waals surface area (Å²) in [5, 5.41) is 22.3. The molecule has 1 saturated heterocycles. The molecular weight excluding hydrogens is 277 g/mol. The van der Waals surface area contributed by atoms with Gasteiger partial charge < -0.3 is 14.9 Å². The lowest BCUT2D eigenvalue weighted by molar-refractivity contribution is -0.0536. The number of hydrogen-bond acceptors (Lipinski definition) is 6. The van der Waals surface area contributed by atoms with Crippen LogP contribution in [0.4, 0.5) is 4.39 Å². The summed E-state index contributed by atoms with van der Waals surface area (Å²) in [6.07, 6.45) is -3.34. The van der Waals surface area contributed by atoms with E-state index in [9.17, 15) is 19.1 Å². The summed E-state index contributed by atoms with van der Waals surface area (Å²) in [4.78, 5) is 26.7.